The Morgan fingerprint density at radius 1 is 1.33 bits per heavy atom. The second kappa shape index (κ2) is 4.24. The standard InChI is InChI=1S/C13H16N2O3/c16-11-9-10(1-5-14-11)12(17)15-6-2-13(15)3-7-18-8-4-13/h1,5,9H,2-4,6-8H2,(H,14,16). The molecule has 96 valence electrons. The van der Waals surface area contributed by atoms with Crippen molar-refractivity contribution in [1.29, 1.82) is 0 Å². The lowest BCUT2D eigenvalue weighted by Gasteiger charge is -2.54. The predicted molar refractivity (Wildman–Crippen MR) is 65.5 cm³/mol. The number of likely N-dealkylation sites (tertiary alicyclic amines) is 1. The summed E-state index contributed by atoms with van der Waals surface area (Å²) in [5.74, 6) is -0.0331. The van der Waals surface area contributed by atoms with Crippen LogP contribution in [0.25, 0.3) is 0 Å². The van der Waals surface area contributed by atoms with Gasteiger partial charge in [-0.15, -0.1) is 0 Å². The van der Waals surface area contributed by atoms with Crippen molar-refractivity contribution in [2.75, 3.05) is 19.8 Å². The maximum Gasteiger partial charge on any atom is 0.254 e. The third kappa shape index (κ3) is 1.75. The molecule has 18 heavy (non-hydrogen) atoms. The predicted octanol–water partition coefficient (Wildman–Crippen LogP) is 0.770. The molecule has 1 aromatic rings. The zero-order chi connectivity index (χ0) is 12.6. The lowest BCUT2D eigenvalue weighted by Crippen LogP contribution is -2.64. The largest absolute Gasteiger partial charge is 0.381 e. The normalized spacial score (nSPS) is 21.7. The highest BCUT2D eigenvalue weighted by molar-refractivity contribution is 5.95. The summed E-state index contributed by atoms with van der Waals surface area (Å²) in [4.78, 5) is 28.1. The first kappa shape index (κ1) is 11.5. The van der Waals surface area contributed by atoms with E-state index in [0.717, 1.165) is 39.0 Å². The fourth-order valence-corrected chi connectivity index (χ4v) is 2.86. The lowest BCUT2D eigenvalue weighted by molar-refractivity contribution is -0.0695. The van der Waals surface area contributed by atoms with Gasteiger partial charge in [0.25, 0.3) is 5.91 Å². The Labute approximate surface area is 105 Å². The van der Waals surface area contributed by atoms with Crippen molar-refractivity contribution < 1.29 is 9.53 Å². The summed E-state index contributed by atoms with van der Waals surface area (Å²) in [5.41, 5.74) is 0.226. The van der Waals surface area contributed by atoms with Gasteiger partial charge in [-0.1, -0.05) is 0 Å². The summed E-state index contributed by atoms with van der Waals surface area (Å²) in [6.45, 7) is 2.23. The Kier molecular flexibility index (Phi) is 2.70. The molecule has 0 unspecified atom stereocenters. The molecular weight excluding hydrogens is 232 g/mol. The number of carbonyl (C=O) groups excluding carboxylic acids is 1. The topological polar surface area (TPSA) is 62.4 Å². The molecule has 1 aromatic heterocycles. The Hall–Kier alpha value is -1.62. The van der Waals surface area contributed by atoms with Crippen molar-refractivity contribution in [2.45, 2.75) is 24.8 Å². The van der Waals surface area contributed by atoms with E-state index in [1.54, 1.807) is 6.07 Å². The molecule has 5 heteroatoms. The molecule has 2 saturated heterocycles. The average molecular weight is 248 g/mol. The molecule has 0 saturated carbocycles. The summed E-state index contributed by atoms with van der Waals surface area (Å²) in [7, 11) is 0. The van der Waals surface area contributed by atoms with E-state index in [1.165, 1.54) is 12.3 Å². The minimum atomic E-state index is -0.234. The molecule has 2 fully saturated rings. The van der Waals surface area contributed by atoms with Crippen LogP contribution in [0.3, 0.4) is 0 Å². The van der Waals surface area contributed by atoms with Gasteiger partial charge in [0.2, 0.25) is 5.56 Å². The summed E-state index contributed by atoms with van der Waals surface area (Å²) in [5, 5.41) is 0. The van der Waals surface area contributed by atoms with Crippen molar-refractivity contribution in [3.8, 4) is 0 Å². The summed E-state index contributed by atoms with van der Waals surface area (Å²) in [6, 6.07) is 3.03. The number of pyridine rings is 1. The first-order chi connectivity index (χ1) is 8.71. The number of nitrogens with one attached hydrogen (secondary N) is 1. The minimum absolute atomic E-state index is 0.0159. The van der Waals surface area contributed by atoms with E-state index in [0.29, 0.717) is 5.56 Å². The molecule has 0 aromatic carbocycles. The van der Waals surface area contributed by atoms with Crippen LogP contribution in [0.1, 0.15) is 29.6 Å². The van der Waals surface area contributed by atoms with Crippen LogP contribution in [0.4, 0.5) is 0 Å². The Bertz CT molecular complexity index is 517. The molecule has 0 atom stereocenters. The molecule has 2 aliphatic heterocycles. The summed E-state index contributed by atoms with van der Waals surface area (Å²) < 4.78 is 5.36. The van der Waals surface area contributed by atoms with E-state index < -0.39 is 0 Å². The van der Waals surface area contributed by atoms with Crippen LogP contribution in [0.5, 0.6) is 0 Å². The summed E-state index contributed by atoms with van der Waals surface area (Å²) in [6.07, 6.45) is 4.38. The van der Waals surface area contributed by atoms with Gasteiger partial charge in [-0.05, 0) is 25.3 Å². The van der Waals surface area contributed by atoms with Gasteiger partial charge in [-0.3, -0.25) is 9.59 Å². The van der Waals surface area contributed by atoms with Gasteiger partial charge < -0.3 is 14.6 Å². The number of hydrogen-bond donors (Lipinski definition) is 1. The van der Waals surface area contributed by atoms with Gasteiger partial charge >= 0.3 is 0 Å². The first-order valence-electron chi connectivity index (χ1n) is 6.30. The highest BCUT2D eigenvalue weighted by atomic mass is 16.5. The van der Waals surface area contributed by atoms with Crippen LogP contribution in [0.2, 0.25) is 0 Å². The van der Waals surface area contributed by atoms with Crippen molar-refractivity contribution in [1.82, 2.24) is 9.88 Å². The number of H-pyrrole nitrogens is 1. The van der Waals surface area contributed by atoms with Crippen molar-refractivity contribution in [2.24, 2.45) is 0 Å². The SMILES string of the molecule is O=C(c1cc[nH]c(=O)c1)N1CCC12CCOCC2. The highest BCUT2D eigenvalue weighted by Crippen LogP contribution is 2.40. The van der Waals surface area contributed by atoms with Gasteiger partial charge in [0, 0.05) is 43.1 Å². The molecule has 0 aliphatic carbocycles. The zero-order valence-corrected chi connectivity index (χ0v) is 10.1. The third-order valence-corrected chi connectivity index (χ3v) is 4.06. The van der Waals surface area contributed by atoms with Gasteiger partial charge in [0.1, 0.15) is 0 Å². The molecular formula is C13H16N2O3. The fraction of sp³-hybridized carbons (Fsp3) is 0.538. The molecule has 5 nitrogen and oxygen atoms in total. The monoisotopic (exact) mass is 248 g/mol. The molecule has 1 spiro atoms. The third-order valence-electron chi connectivity index (χ3n) is 4.06. The van der Waals surface area contributed by atoms with Crippen LogP contribution in [0, 0.1) is 0 Å². The fourth-order valence-electron chi connectivity index (χ4n) is 2.86. The number of amides is 1. The second-order valence-corrected chi connectivity index (χ2v) is 4.99. The maximum atomic E-state index is 12.4. The van der Waals surface area contributed by atoms with Crippen LogP contribution in [-0.2, 0) is 4.74 Å². The second-order valence-electron chi connectivity index (χ2n) is 4.99. The van der Waals surface area contributed by atoms with E-state index in [2.05, 4.69) is 4.98 Å². The van der Waals surface area contributed by atoms with Crippen molar-refractivity contribution >= 4 is 5.91 Å². The lowest BCUT2D eigenvalue weighted by atomic mass is 9.77. The van der Waals surface area contributed by atoms with Crippen molar-refractivity contribution in [3.63, 3.8) is 0 Å². The molecule has 2 aliphatic rings. The van der Waals surface area contributed by atoms with Gasteiger partial charge in [0.15, 0.2) is 0 Å². The maximum absolute atomic E-state index is 12.4. The number of carbonyl (C=O) groups is 1. The average Bonchev–Trinajstić information content (AvgIpc) is 2.38. The molecule has 1 N–H and O–H groups in total. The van der Waals surface area contributed by atoms with Crippen LogP contribution < -0.4 is 5.56 Å². The number of nitrogens with zero attached hydrogens (tertiary/aromatic N) is 1. The number of ether oxygens (including phenoxy) is 1. The zero-order valence-electron chi connectivity index (χ0n) is 10.1. The van der Waals surface area contributed by atoms with E-state index >= 15 is 0 Å². The van der Waals surface area contributed by atoms with E-state index in [9.17, 15) is 9.59 Å². The van der Waals surface area contributed by atoms with Crippen LogP contribution in [-0.4, -0.2) is 41.1 Å². The van der Waals surface area contributed by atoms with Crippen LogP contribution in [0.15, 0.2) is 23.1 Å². The molecule has 1 amide bonds. The Morgan fingerprint density at radius 2 is 2.11 bits per heavy atom. The first-order valence-corrected chi connectivity index (χ1v) is 6.30. The molecule has 0 bridgehead atoms. The van der Waals surface area contributed by atoms with E-state index in [1.807, 2.05) is 4.90 Å². The Morgan fingerprint density at radius 3 is 2.72 bits per heavy atom. The number of hydrogen-bond acceptors (Lipinski definition) is 3. The summed E-state index contributed by atoms with van der Waals surface area (Å²) >= 11 is 0. The minimum Gasteiger partial charge on any atom is -0.381 e. The van der Waals surface area contributed by atoms with E-state index in [-0.39, 0.29) is 17.0 Å². The number of aromatic nitrogens is 1. The van der Waals surface area contributed by atoms with Crippen molar-refractivity contribution in [3.05, 3.63) is 34.2 Å². The molecule has 3 rings (SSSR count). The quantitative estimate of drug-likeness (QED) is 0.798. The van der Waals surface area contributed by atoms with Gasteiger partial charge in [0.05, 0.1) is 0 Å². The van der Waals surface area contributed by atoms with Gasteiger partial charge in [-0.2, -0.15) is 0 Å². The number of rotatable bonds is 1. The highest BCUT2D eigenvalue weighted by Gasteiger charge is 2.48. The Balaban J connectivity index is 1.83. The molecule has 3 heterocycles. The van der Waals surface area contributed by atoms with Gasteiger partial charge in [-0.25, -0.2) is 0 Å². The smallest absolute Gasteiger partial charge is 0.254 e. The number of aromatic amines is 1. The van der Waals surface area contributed by atoms with E-state index in [4.69, 9.17) is 4.74 Å². The molecule has 0 radical (unpaired) electrons. The van der Waals surface area contributed by atoms with Crippen LogP contribution >= 0.6 is 0 Å².